The monoisotopic (exact) mass is 236 g/mol. The van der Waals surface area contributed by atoms with Crippen LogP contribution in [0.2, 0.25) is 0 Å². The van der Waals surface area contributed by atoms with Crippen molar-refractivity contribution < 1.29 is 14.3 Å². The van der Waals surface area contributed by atoms with Crippen molar-refractivity contribution in [3.63, 3.8) is 0 Å². The maximum Gasteiger partial charge on any atom is 0.338 e. The van der Waals surface area contributed by atoms with Gasteiger partial charge in [0.2, 0.25) is 0 Å². The van der Waals surface area contributed by atoms with Crippen molar-refractivity contribution >= 4 is 5.97 Å². The summed E-state index contributed by atoms with van der Waals surface area (Å²) >= 11 is 0. The van der Waals surface area contributed by atoms with E-state index in [0.29, 0.717) is 18.8 Å². The third kappa shape index (κ3) is 3.15. The summed E-state index contributed by atoms with van der Waals surface area (Å²) in [4.78, 5) is 14.6. The van der Waals surface area contributed by atoms with Crippen LogP contribution < -0.4 is 5.32 Å². The Balaban J connectivity index is 1.72. The van der Waals surface area contributed by atoms with E-state index in [0.717, 1.165) is 12.2 Å². The maximum atomic E-state index is 10.6. The number of nitrogens with one attached hydrogen (secondary N) is 2. The van der Waals surface area contributed by atoms with Crippen molar-refractivity contribution in [1.82, 2.24) is 20.5 Å². The Kier molecular flexibility index (Phi) is 3.51. The molecule has 7 heteroatoms. The topological polar surface area (TPSA) is 104 Å². The van der Waals surface area contributed by atoms with E-state index in [4.69, 9.17) is 9.52 Å². The highest BCUT2D eigenvalue weighted by Gasteiger charge is 2.07. The van der Waals surface area contributed by atoms with Crippen LogP contribution in [-0.2, 0) is 13.0 Å². The SMILES string of the molecule is O=C(O)c1coc(CNCCc2ncn[nH]2)c1. The Morgan fingerprint density at radius 3 is 3.12 bits per heavy atom. The van der Waals surface area contributed by atoms with Crippen LogP contribution in [0.5, 0.6) is 0 Å². The zero-order chi connectivity index (χ0) is 12.1. The number of carboxylic acids is 1. The Labute approximate surface area is 96.9 Å². The third-order valence-corrected chi connectivity index (χ3v) is 2.20. The number of hydrogen-bond acceptors (Lipinski definition) is 5. The van der Waals surface area contributed by atoms with Crippen LogP contribution in [0.4, 0.5) is 0 Å². The molecule has 17 heavy (non-hydrogen) atoms. The van der Waals surface area contributed by atoms with Gasteiger partial charge in [-0.25, -0.2) is 9.78 Å². The predicted octanol–water partition coefficient (Wildman–Crippen LogP) is 0.428. The van der Waals surface area contributed by atoms with E-state index in [1.165, 1.54) is 18.7 Å². The molecule has 0 bridgehead atoms. The zero-order valence-electron chi connectivity index (χ0n) is 9.01. The highest BCUT2D eigenvalue weighted by molar-refractivity contribution is 5.87. The first-order valence-electron chi connectivity index (χ1n) is 5.11. The lowest BCUT2D eigenvalue weighted by Gasteiger charge is -1.99. The lowest BCUT2D eigenvalue weighted by Crippen LogP contribution is -2.16. The first-order chi connectivity index (χ1) is 8.25. The molecule has 0 fully saturated rings. The van der Waals surface area contributed by atoms with Crippen LogP contribution in [0.1, 0.15) is 21.9 Å². The van der Waals surface area contributed by atoms with Crippen LogP contribution in [0.25, 0.3) is 0 Å². The fraction of sp³-hybridized carbons (Fsp3) is 0.300. The summed E-state index contributed by atoms with van der Waals surface area (Å²) in [6.07, 6.45) is 3.42. The summed E-state index contributed by atoms with van der Waals surface area (Å²) in [5.41, 5.74) is 0.164. The second kappa shape index (κ2) is 5.26. The second-order valence-corrected chi connectivity index (χ2v) is 3.47. The lowest BCUT2D eigenvalue weighted by molar-refractivity contribution is 0.0696. The molecule has 2 rings (SSSR count). The summed E-state index contributed by atoms with van der Waals surface area (Å²) in [7, 11) is 0. The molecule has 0 spiro atoms. The lowest BCUT2D eigenvalue weighted by atomic mass is 10.3. The van der Waals surface area contributed by atoms with Crippen molar-refractivity contribution in [3.05, 3.63) is 35.8 Å². The molecule has 90 valence electrons. The van der Waals surface area contributed by atoms with Crippen molar-refractivity contribution in [1.29, 1.82) is 0 Å². The van der Waals surface area contributed by atoms with Crippen molar-refractivity contribution in [2.24, 2.45) is 0 Å². The van der Waals surface area contributed by atoms with Gasteiger partial charge >= 0.3 is 5.97 Å². The molecule has 0 aliphatic heterocycles. The zero-order valence-corrected chi connectivity index (χ0v) is 9.01. The molecule has 0 saturated carbocycles. The number of furan rings is 1. The number of aromatic carboxylic acids is 1. The molecule has 0 saturated heterocycles. The number of aromatic amines is 1. The third-order valence-electron chi connectivity index (χ3n) is 2.20. The molecular formula is C10H12N4O3. The minimum Gasteiger partial charge on any atom is -0.478 e. The highest BCUT2D eigenvalue weighted by Crippen LogP contribution is 2.07. The quantitative estimate of drug-likeness (QED) is 0.628. The van der Waals surface area contributed by atoms with Crippen LogP contribution in [0, 0.1) is 0 Å². The average Bonchev–Trinajstić information content (AvgIpc) is 2.96. The van der Waals surface area contributed by atoms with Crippen LogP contribution in [-0.4, -0.2) is 32.8 Å². The van der Waals surface area contributed by atoms with Gasteiger partial charge in [0, 0.05) is 13.0 Å². The average molecular weight is 236 g/mol. The Morgan fingerprint density at radius 2 is 2.47 bits per heavy atom. The van der Waals surface area contributed by atoms with Gasteiger partial charge in [-0.1, -0.05) is 0 Å². The van der Waals surface area contributed by atoms with Crippen molar-refractivity contribution in [2.75, 3.05) is 6.54 Å². The van der Waals surface area contributed by atoms with Crippen molar-refractivity contribution in [3.8, 4) is 0 Å². The number of carbonyl (C=O) groups is 1. The van der Waals surface area contributed by atoms with E-state index in [1.54, 1.807) is 0 Å². The molecule has 0 aromatic carbocycles. The van der Waals surface area contributed by atoms with Gasteiger partial charge in [0.1, 0.15) is 24.2 Å². The van der Waals surface area contributed by atoms with E-state index >= 15 is 0 Å². The molecule has 3 N–H and O–H groups in total. The number of aromatic nitrogens is 3. The molecule has 0 atom stereocenters. The number of carboxylic acid groups (broad SMARTS) is 1. The first kappa shape index (κ1) is 11.3. The predicted molar refractivity (Wildman–Crippen MR) is 57.5 cm³/mol. The van der Waals surface area contributed by atoms with Crippen molar-refractivity contribution in [2.45, 2.75) is 13.0 Å². The molecule has 2 aromatic rings. The number of rotatable bonds is 6. The van der Waals surface area contributed by atoms with Crippen LogP contribution in [0.3, 0.4) is 0 Å². The summed E-state index contributed by atoms with van der Waals surface area (Å²) < 4.78 is 5.08. The minimum absolute atomic E-state index is 0.164. The van der Waals surface area contributed by atoms with E-state index in [9.17, 15) is 4.79 Å². The standard InChI is InChI=1S/C10H12N4O3/c15-10(16)7-3-8(17-5-7)4-11-2-1-9-12-6-13-14-9/h3,5-6,11H,1-2,4H2,(H,15,16)(H,12,13,14). The van der Waals surface area contributed by atoms with Gasteiger partial charge in [-0.05, 0) is 6.07 Å². The summed E-state index contributed by atoms with van der Waals surface area (Å²) in [6, 6.07) is 1.50. The Morgan fingerprint density at radius 1 is 1.59 bits per heavy atom. The van der Waals surface area contributed by atoms with E-state index in [1.807, 2.05) is 0 Å². The van der Waals surface area contributed by atoms with Gasteiger partial charge in [0.05, 0.1) is 12.1 Å². The smallest absolute Gasteiger partial charge is 0.338 e. The van der Waals surface area contributed by atoms with Gasteiger partial charge in [-0.3, -0.25) is 5.10 Å². The number of nitrogens with zero attached hydrogens (tertiary/aromatic N) is 2. The molecule has 7 nitrogen and oxygen atoms in total. The number of H-pyrrole nitrogens is 1. The molecule has 2 aromatic heterocycles. The molecule has 0 aliphatic carbocycles. The number of hydrogen-bond donors (Lipinski definition) is 3. The fourth-order valence-electron chi connectivity index (χ4n) is 1.36. The Hall–Kier alpha value is -2.15. The van der Waals surface area contributed by atoms with Crippen LogP contribution in [0.15, 0.2) is 23.1 Å². The molecular weight excluding hydrogens is 224 g/mol. The largest absolute Gasteiger partial charge is 0.478 e. The second-order valence-electron chi connectivity index (χ2n) is 3.47. The van der Waals surface area contributed by atoms with E-state index in [2.05, 4.69) is 20.5 Å². The van der Waals surface area contributed by atoms with Gasteiger partial charge in [-0.15, -0.1) is 0 Å². The summed E-state index contributed by atoms with van der Waals surface area (Å²) in [5.74, 6) is 0.421. The molecule has 0 amide bonds. The fourth-order valence-corrected chi connectivity index (χ4v) is 1.36. The molecule has 2 heterocycles. The van der Waals surface area contributed by atoms with Gasteiger partial charge in [-0.2, -0.15) is 5.10 Å². The van der Waals surface area contributed by atoms with E-state index in [-0.39, 0.29) is 5.56 Å². The van der Waals surface area contributed by atoms with Gasteiger partial charge in [0.15, 0.2) is 0 Å². The molecule has 0 aliphatic rings. The first-order valence-corrected chi connectivity index (χ1v) is 5.11. The minimum atomic E-state index is -0.985. The van der Waals surface area contributed by atoms with E-state index < -0.39 is 5.97 Å². The normalized spacial score (nSPS) is 10.6. The van der Waals surface area contributed by atoms with Gasteiger partial charge in [0.25, 0.3) is 0 Å². The molecule has 0 radical (unpaired) electrons. The molecule has 0 unspecified atom stereocenters. The van der Waals surface area contributed by atoms with Crippen LogP contribution >= 0.6 is 0 Å². The summed E-state index contributed by atoms with van der Waals surface area (Å²) in [5, 5.41) is 18.3. The highest BCUT2D eigenvalue weighted by atomic mass is 16.4. The van der Waals surface area contributed by atoms with Gasteiger partial charge < -0.3 is 14.8 Å². The summed E-state index contributed by atoms with van der Waals surface area (Å²) in [6.45, 7) is 1.19. The Bertz CT molecular complexity index is 477. The maximum absolute atomic E-state index is 10.6.